The van der Waals surface area contributed by atoms with Crippen LogP contribution in [0.5, 0.6) is 0 Å². The van der Waals surface area contributed by atoms with Crippen LogP contribution in [0.2, 0.25) is 0 Å². The van der Waals surface area contributed by atoms with Crippen molar-refractivity contribution in [1.29, 1.82) is 0 Å². The molecule has 0 aliphatic rings. The van der Waals surface area contributed by atoms with Gasteiger partial charge in [-0.1, -0.05) is 158 Å². The summed E-state index contributed by atoms with van der Waals surface area (Å²) in [5.41, 5.74) is 14.9. The first-order chi connectivity index (χ1) is 26.8. The van der Waals surface area contributed by atoms with Gasteiger partial charge in [0.15, 0.2) is 0 Å². The van der Waals surface area contributed by atoms with Crippen LogP contribution in [0.25, 0.3) is 78.3 Å². The maximum absolute atomic E-state index is 2.38. The van der Waals surface area contributed by atoms with E-state index in [-0.39, 0.29) is 0 Å². The van der Waals surface area contributed by atoms with Gasteiger partial charge in [-0.3, -0.25) is 0 Å². The minimum absolute atomic E-state index is 1.01. The summed E-state index contributed by atoms with van der Waals surface area (Å²) >= 11 is 0. The lowest BCUT2D eigenvalue weighted by Gasteiger charge is -2.10. The van der Waals surface area contributed by atoms with Gasteiger partial charge >= 0.3 is 0 Å². The first kappa shape index (κ1) is 31.8. The zero-order valence-corrected chi connectivity index (χ0v) is 29.9. The Morgan fingerprint density at radius 3 is 0.981 bits per heavy atom. The van der Waals surface area contributed by atoms with Crippen molar-refractivity contribution >= 4 is 55.8 Å². The van der Waals surface area contributed by atoms with E-state index in [0.717, 1.165) is 12.8 Å². The molecule has 0 N–H and O–H groups in total. The summed E-state index contributed by atoms with van der Waals surface area (Å²) in [5, 5.41) is 5.15. The smallest absolute Gasteiger partial charge is 0.0541 e. The topological polar surface area (TPSA) is 9.86 Å². The van der Waals surface area contributed by atoms with Crippen molar-refractivity contribution in [3.63, 3.8) is 0 Å². The third kappa shape index (κ3) is 5.79. The zero-order valence-electron chi connectivity index (χ0n) is 29.9. The Labute approximate surface area is 315 Å². The predicted molar refractivity (Wildman–Crippen MR) is 230 cm³/mol. The maximum atomic E-state index is 2.38. The van der Waals surface area contributed by atoms with Crippen LogP contribution < -0.4 is 0 Å². The van der Waals surface area contributed by atoms with Gasteiger partial charge in [-0.2, -0.15) is 0 Å². The molecule has 256 valence electrons. The third-order valence-corrected chi connectivity index (χ3v) is 10.9. The fourth-order valence-electron chi connectivity index (χ4n) is 8.08. The average molecular weight is 691 g/mol. The maximum Gasteiger partial charge on any atom is 0.0541 e. The Balaban J connectivity index is 0.787. The van der Waals surface area contributed by atoms with Gasteiger partial charge in [-0.25, -0.2) is 0 Å². The molecule has 10 aromatic rings. The van der Waals surface area contributed by atoms with E-state index in [9.17, 15) is 0 Å². The number of aryl methyl sites for hydroxylation is 2. The third-order valence-electron chi connectivity index (χ3n) is 10.9. The normalized spacial score (nSPS) is 11.8. The van der Waals surface area contributed by atoms with Gasteiger partial charge in [0.25, 0.3) is 0 Å². The molecule has 0 saturated heterocycles. The Kier molecular flexibility index (Phi) is 8.00. The van der Waals surface area contributed by atoms with Crippen molar-refractivity contribution in [1.82, 2.24) is 9.13 Å². The second-order valence-electron chi connectivity index (χ2n) is 14.1. The highest BCUT2D eigenvalue weighted by Crippen LogP contribution is 2.33. The Hall–Kier alpha value is -6.90. The Bertz CT molecular complexity index is 2830. The minimum Gasteiger partial charge on any atom is -0.309 e. The fraction of sp³-hybridized carbons (Fsp3) is 0.0385. The lowest BCUT2D eigenvalue weighted by atomic mass is 9.99. The van der Waals surface area contributed by atoms with Gasteiger partial charge in [-0.05, 0) is 94.8 Å². The molecular formula is C52H38N2. The van der Waals surface area contributed by atoms with Crippen LogP contribution in [0, 0.1) is 0 Å². The Morgan fingerprint density at radius 1 is 0.296 bits per heavy atom. The van der Waals surface area contributed by atoms with Crippen LogP contribution in [0.3, 0.4) is 0 Å². The molecule has 0 spiro atoms. The van der Waals surface area contributed by atoms with E-state index in [1.165, 1.54) is 88.4 Å². The number of nitrogens with zero attached hydrogens (tertiary/aromatic N) is 2. The van der Waals surface area contributed by atoms with Crippen LogP contribution >= 0.6 is 0 Å². The van der Waals surface area contributed by atoms with Gasteiger partial charge < -0.3 is 9.13 Å². The lowest BCUT2D eigenvalue weighted by molar-refractivity contribution is 0.959. The molecule has 0 saturated carbocycles. The van der Waals surface area contributed by atoms with E-state index < -0.39 is 0 Å². The van der Waals surface area contributed by atoms with E-state index in [4.69, 9.17) is 0 Å². The molecule has 2 heterocycles. The highest BCUT2D eigenvalue weighted by Gasteiger charge is 2.12. The lowest BCUT2D eigenvalue weighted by Crippen LogP contribution is -1.96. The first-order valence-corrected chi connectivity index (χ1v) is 18.8. The van der Waals surface area contributed by atoms with Crippen LogP contribution in [-0.2, 0) is 12.8 Å². The van der Waals surface area contributed by atoms with E-state index in [0.29, 0.717) is 0 Å². The van der Waals surface area contributed by atoms with E-state index in [1.54, 1.807) is 0 Å². The van der Waals surface area contributed by atoms with Crippen molar-refractivity contribution in [3.8, 4) is 22.5 Å². The van der Waals surface area contributed by atoms with E-state index in [1.807, 2.05) is 0 Å². The molecule has 0 fully saturated rings. The molecule has 2 nitrogen and oxygen atoms in total. The van der Waals surface area contributed by atoms with Crippen LogP contribution in [0.1, 0.15) is 22.3 Å². The standard InChI is InChI=1S/C52H38N2/c1-5-13-49-45(9-1)46-10-2-6-14-50(46)53(49)43-33-25-39(26-34-43)19-17-37-21-29-41(30-22-37)42-31-23-38(24-32-42)18-20-40-27-35-44(36-28-40)54-51-15-7-3-11-47(51)48-12-4-8-16-52(48)54/h1-17,19,21-36H,18,20H2/b19-17+. The molecular weight excluding hydrogens is 653 g/mol. The van der Waals surface area contributed by atoms with Crippen LogP contribution in [-0.4, -0.2) is 9.13 Å². The number of fused-ring (bicyclic) bond motifs is 6. The Morgan fingerprint density at radius 2 is 0.593 bits per heavy atom. The molecule has 0 aliphatic carbocycles. The van der Waals surface area contributed by atoms with Gasteiger partial charge in [0.2, 0.25) is 0 Å². The molecule has 0 unspecified atom stereocenters. The second kappa shape index (κ2) is 13.6. The molecule has 8 aromatic carbocycles. The van der Waals surface area contributed by atoms with Crippen LogP contribution in [0.15, 0.2) is 194 Å². The molecule has 0 atom stereocenters. The summed E-state index contributed by atoms with van der Waals surface area (Å²) in [5.74, 6) is 0. The summed E-state index contributed by atoms with van der Waals surface area (Å²) in [6.07, 6.45) is 6.41. The molecule has 10 rings (SSSR count). The van der Waals surface area contributed by atoms with Crippen molar-refractivity contribution in [2.75, 3.05) is 0 Å². The summed E-state index contributed by atoms with van der Waals surface area (Å²) in [6, 6.07) is 70.5. The number of hydrogen-bond donors (Lipinski definition) is 0. The number of aromatic nitrogens is 2. The molecule has 0 amide bonds. The fourth-order valence-corrected chi connectivity index (χ4v) is 8.08. The summed E-state index contributed by atoms with van der Waals surface area (Å²) in [6.45, 7) is 0. The van der Waals surface area contributed by atoms with Crippen molar-refractivity contribution in [2.24, 2.45) is 0 Å². The summed E-state index contributed by atoms with van der Waals surface area (Å²) in [7, 11) is 0. The molecule has 0 aliphatic heterocycles. The average Bonchev–Trinajstić information content (AvgIpc) is 3.76. The number of para-hydroxylation sites is 4. The van der Waals surface area contributed by atoms with Crippen molar-refractivity contribution in [2.45, 2.75) is 12.8 Å². The zero-order chi connectivity index (χ0) is 35.8. The molecule has 2 heteroatoms. The first-order valence-electron chi connectivity index (χ1n) is 18.8. The largest absolute Gasteiger partial charge is 0.309 e. The molecule has 2 aromatic heterocycles. The van der Waals surface area contributed by atoms with Crippen molar-refractivity contribution < 1.29 is 0 Å². The van der Waals surface area contributed by atoms with Crippen LogP contribution in [0.4, 0.5) is 0 Å². The molecule has 0 bridgehead atoms. The quantitative estimate of drug-likeness (QED) is 0.140. The van der Waals surface area contributed by atoms with Gasteiger partial charge in [0, 0.05) is 32.9 Å². The highest BCUT2D eigenvalue weighted by atomic mass is 15.0. The van der Waals surface area contributed by atoms with E-state index >= 15 is 0 Å². The number of rotatable bonds is 8. The van der Waals surface area contributed by atoms with E-state index in [2.05, 4.69) is 215 Å². The number of benzene rings is 8. The molecule has 54 heavy (non-hydrogen) atoms. The van der Waals surface area contributed by atoms with Gasteiger partial charge in [0.05, 0.1) is 22.1 Å². The monoisotopic (exact) mass is 690 g/mol. The van der Waals surface area contributed by atoms with Gasteiger partial charge in [-0.15, -0.1) is 0 Å². The summed E-state index contributed by atoms with van der Waals surface area (Å²) in [4.78, 5) is 0. The molecule has 0 radical (unpaired) electrons. The highest BCUT2D eigenvalue weighted by molar-refractivity contribution is 6.10. The second-order valence-corrected chi connectivity index (χ2v) is 14.1. The SMILES string of the molecule is C(=C\c1ccc(-n2c3ccccc3c3ccccc32)cc1)/c1ccc(-c2ccc(CCc3ccc(-n4c5ccccc5c5ccccc54)cc3)cc2)cc1. The minimum atomic E-state index is 1.01. The van der Waals surface area contributed by atoms with Gasteiger partial charge in [0.1, 0.15) is 0 Å². The number of hydrogen-bond acceptors (Lipinski definition) is 0. The summed E-state index contributed by atoms with van der Waals surface area (Å²) < 4.78 is 4.73. The predicted octanol–water partition coefficient (Wildman–Crippen LogP) is 13.5. The van der Waals surface area contributed by atoms with Crippen molar-refractivity contribution in [3.05, 3.63) is 216 Å².